The summed E-state index contributed by atoms with van der Waals surface area (Å²) in [4.78, 5) is 32.4. The van der Waals surface area contributed by atoms with Crippen molar-refractivity contribution in [3.63, 3.8) is 0 Å². The number of carbonyl (C=O) groups excluding carboxylic acids is 2. The molecule has 35 heavy (non-hydrogen) atoms. The standard InChI is InChI=1S/C29H23N3O3/c1-35-26-14-8-6-12-24(26)31-28(33)21-15-17-22(18-16-21)30-27-23-11-5-7-13-25(23)32(29(27)34)19-20-9-3-2-4-10-20/h2-18H,19H2,1H3,(H,31,33). The lowest BCUT2D eigenvalue weighted by atomic mass is 10.1. The van der Waals surface area contributed by atoms with Crippen LogP contribution in [0.1, 0.15) is 21.5 Å². The summed E-state index contributed by atoms with van der Waals surface area (Å²) in [7, 11) is 1.56. The van der Waals surface area contributed by atoms with Crippen molar-refractivity contribution in [3.05, 3.63) is 120 Å². The molecule has 6 heteroatoms. The van der Waals surface area contributed by atoms with Crippen LogP contribution in [-0.2, 0) is 11.3 Å². The first-order valence-electron chi connectivity index (χ1n) is 11.2. The SMILES string of the molecule is COc1ccccc1NC(=O)c1ccc(N=C2C(=O)N(Cc3ccccc3)c3ccccc32)cc1. The van der Waals surface area contributed by atoms with Crippen LogP contribution < -0.4 is 15.0 Å². The molecule has 0 radical (unpaired) electrons. The van der Waals surface area contributed by atoms with Crippen LogP contribution in [0.5, 0.6) is 5.75 Å². The van der Waals surface area contributed by atoms with Gasteiger partial charge in [-0.15, -0.1) is 0 Å². The number of fused-ring (bicyclic) bond motifs is 1. The molecule has 2 amide bonds. The third-order valence-electron chi connectivity index (χ3n) is 5.81. The predicted molar refractivity (Wildman–Crippen MR) is 138 cm³/mol. The van der Waals surface area contributed by atoms with E-state index < -0.39 is 0 Å². The highest BCUT2D eigenvalue weighted by Gasteiger charge is 2.33. The van der Waals surface area contributed by atoms with Crippen molar-refractivity contribution in [1.29, 1.82) is 0 Å². The average Bonchev–Trinajstić information content (AvgIpc) is 3.16. The Hall–Kier alpha value is -4.71. The number of ether oxygens (including phenoxy) is 1. The lowest BCUT2D eigenvalue weighted by Gasteiger charge is -2.16. The minimum absolute atomic E-state index is 0.145. The van der Waals surface area contributed by atoms with E-state index in [-0.39, 0.29) is 11.8 Å². The first kappa shape index (κ1) is 22.1. The number of rotatable bonds is 6. The third-order valence-corrected chi connectivity index (χ3v) is 5.81. The van der Waals surface area contributed by atoms with Crippen LogP contribution in [0, 0.1) is 0 Å². The highest BCUT2D eigenvalue weighted by atomic mass is 16.5. The van der Waals surface area contributed by atoms with E-state index in [0.717, 1.165) is 16.8 Å². The van der Waals surface area contributed by atoms with Crippen molar-refractivity contribution in [2.24, 2.45) is 4.99 Å². The van der Waals surface area contributed by atoms with Crippen LogP contribution in [0.25, 0.3) is 0 Å². The summed E-state index contributed by atoms with van der Waals surface area (Å²) in [6.45, 7) is 0.470. The molecule has 1 N–H and O–H groups in total. The summed E-state index contributed by atoms with van der Waals surface area (Å²) >= 11 is 0. The van der Waals surface area contributed by atoms with Crippen LogP contribution in [0.2, 0.25) is 0 Å². The van der Waals surface area contributed by atoms with Gasteiger partial charge in [-0.2, -0.15) is 0 Å². The maximum Gasteiger partial charge on any atom is 0.277 e. The molecule has 0 spiro atoms. The molecular formula is C29H23N3O3. The number of aliphatic imine (C=N–C) groups is 1. The number of nitrogens with one attached hydrogen (secondary N) is 1. The van der Waals surface area contributed by atoms with Crippen molar-refractivity contribution in [3.8, 4) is 5.75 Å². The first-order chi connectivity index (χ1) is 17.1. The molecule has 0 bridgehead atoms. The fourth-order valence-corrected chi connectivity index (χ4v) is 4.05. The molecular weight excluding hydrogens is 438 g/mol. The van der Waals surface area contributed by atoms with Crippen molar-refractivity contribution < 1.29 is 14.3 Å². The van der Waals surface area contributed by atoms with Gasteiger partial charge in [0.05, 0.1) is 30.7 Å². The molecule has 0 saturated carbocycles. The number of hydrogen-bond donors (Lipinski definition) is 1. The van der Waals surface area contributed by atoms with Crippen molar-refractivity contribution >= 4 is 34.6 Å². The van der Waals surface area contributed by atoms with Gasteiger partial charge >= 0.3 is 0 Å². The number of methoxy groups -OCH3 is 1. The van der Waals surface area contributed by atoms with Gasteiger partial charge in [-0.25, -0.2) is 4.99 Å². The predicted octanol–water partition coefficient (Wildman–Crippen LogP) is 5.62. The Kier molecular flexibility index (Phi) is 6.09. The van der Waals surface area contributed by atoms with Gasteiger partial charge in [-0.3, -0.25) is 9.59 Å². The van der Waals surface area contributed by atoms with Crippen molar-refractivity contribution in [1.82, 2.24) is 0 Å². The molecule has 5 rings (SSSR count). The first-order valence-corrected chi connectivity index (χ1v) is 11.2. The second kappa shape index (κ2) is 9.65. The smallest absolute Gasteiger partial charge is 0.277 e. The molecule has 1 aliphatic heterocycles. The Morgan fingerprint density at radius 1 is 0.857 bits per heavy atom. The highest BCUT2D eigenvalue weighted by Crippen LogP contribution is 2.32. The van der Waals surface area contributed by atoms with Crippen molar-refractivity contribution in [2.75, 3.05) is 17.3 Å². The van der Waals surface area contributed by atoms with E-state index in [1.807, 2.05) is 66.7 Å². The van der Waals surface area contributed by atoms with E-state index in [1.54, 1.807) is 48.4 Å². The van der Waals surface area contributed by atoms with Crippen LogP contribution in [0.15, 0.2) is 108 Å². The van der Waals surface area contributed by atoms with Gasteiger partial charge in [-0.1, -0.05) is 60.7 Å². The minimum Gasteiger partial charge on any atom is -0.495 e. The monoisotopic (exact) mass is 461 g/mol. The van der Waals surface area contributed by atoms with E-state index in [9.17, 15) is 9.59 Å². The molecule has 6 nitrogen and oxygen atoms in total. The summed E-state index contributed by atoms with van der Waals surface area (Å²) in [5.74, 6) is 0.181. The van der Waals surface area contributed by atoms with Gasteiger partial charge in [0.25, 0.3) is 11.8 Å². The number of nitrogens with zero attached hydrogens (tertiary/aromatic N) is 2. The Bertz CT molecular complexity index is 1410. The van der Waals surface area contributed by atoms with E-state index >= 15 is 0 Å². The fourth-order valence-electron chi connectivity index (χ4n) is 4.05. The Morgan fingerprint density at radius 3 is 2.31 bits per heavy atom. The number of para-hydroxylation sites is 3. The van der Waals surface area contributed by atoms with Crippen LogP contribution in [-0.4, -0.2) is 24.6 Å². The molecule has 0 unspecified atom stereocenters. The normalized spacial score (nSPS) is 13.6. The maximum atomic E-state index is 13.3. The van der Waals surface area contributed by atoms with Crippen molar-refractivity contribution in [2.45, 2.75) is 6.54 Å². The number of hydrogen-bond acceptors (Lipinski definition) is 4. The molecule has 0 aromatic heterocycles. The summed E-state index contributed by atoms with van der Waals surface area (Å²) < 4.78 is 5.29. The highest BCUT2D eigenvalue weighted by molar-refractivity contribution is 6.54. The zero-order valence-corrected chi connectivity index (χ0v) is 19.1. The molecule has 1 aliphatic rings. The van der Waals surface area contributed by atoms with E-state index in [2.05, 4.69) is 10.3 Å². The van der Waals surface area contributed by atoms with Gasteiger partial charge in [0.1, 0.15) is 11.5 Å². The zero-order chi connectivity index (χ0) is 24.2. The van der Waals surface area contributed by atoms with Crippen LogP contribution in [0.3, 0.4) is 0 Å². The van der Waals surface area contributed by atoms with E-state index in [0.29, 0.717) is 34.9 Å². The lowest BCUT2D eigenvalue weighted by molar-refractivity contribution is -0.112. The summed E-state index contributed by atoms with van der Waals surface area (Å²) in [6.07, 6.45) is 0. The Labute approximate surface area is 203 Å². The minimum atomic E-state index is -0.259. The van der Waals surface area contributed by atoms with Gasteiger partial charge < -0.3 is 15.0 Å². The fraction of sp³-hybridized carbons (Fsp3) is 0.0690. The molecule has 0 fully saturated rings. The van der Waals surface area contributed by atoms with Gasteiger partial charge in [0.15, 0.2) is 0 Å². The second-order valence-corrected chi connectivity index (χ2v) is 8.06. The summed E-state index contributed by atoms with van der Waals surface area (Å²) in [6, 6.07) is 31.6. The molecule has 0 aliphatic carbocycles. The Balaban J connectivity index is 1.38. The zero-order valence-electron chi connectivity index (χ0n) is 19.1. The molecule has 0 saturated heterocycles. The quantitative estimate of drug-likeness (QED) is 0.405. The molecule has 1 heterocycles. The maximum absolute atomic E-state index is 13.3. The Morgan fingerprint density at radius 2 is 1.54 bits per heavy atom. The lowest BCUT2D eigenvalue weighted by Crippen LogP contribution is -2.29. The largest absolute Gasteiger partial charge is 0.495 e. The molecule has 0 atom stereocenters. The number of benzene rings is 4. The van der Waals surface area contributed by atoms with Gasteiger partial charge in [0.2, 0.25) is 0 Å². The molecule has 4 aromatic carbocycles. The third kappa shape index (κ3) is 4.54. The summed E-state index contributed by atoms with van der Waals surface area (Å²) in [5.41, 5.74) is 4.74. The van der Waals surface area contributed by atoms with Crippen LogP contribution in [0.4, 0.5) is 17.1 Å². The molecule has 4 aromatic rings. The van der Waals surface area contributed by atoms with Gasteiger partial charge in [0, 0.05) is 11.1 Å². The van der Waals surface area contributed by atoms with Crippen LogP contribution >= 0.6 is 0 Å². The number of amides is 2. The summed E-state index contributed by atoms with van der Waals surface area (Å²) in [5, 5.41) is 2.86. The number of carbonyl (C=O) groups is 2. The molecule has 172 valence electrons. The van der Waals surface area contributed by atoms with E-state index in [1.165, 1.54) is 0 Å². The van der Waals surface area contributed by atoms with E-state index in [4.69, 9.17) is 4.74 Å². The van der Waals surface area contributed by atoms with Gasteiger partial charge in [-0.05, 0) is 48.0 Å². The topological polar surface area (TPSA) is 71.0 Å². The second-order valence-electron chi connectivity index (χ2n) is 8.06. The number of anilines is 2. The average molecular weight is 462 g/mol.